The monoisotopic (exact) mass is 1620 g/mol. The van der Waals surface area contributed by atoms with E-state index < -0.39 is 353 Å². The molecule has 45 atom stereocenters. The van der Waals surface area contributed by atoms with Crippen molar-refractivity contribution in [2.45, 2.75) is 311 Å². The zero-order chi connectivity index (χ0) is 81.8. The maximum atomic E-state index is 13.2. The van der Waals surface area contributed by atoms with E-state index in [4.69, 9.17) is 80.5 Å². The van der Waals surface area contributed by atoms with Crippen LogP contribution in [0.15, 0.2) is 0 Å². The van der Waals surface area contributed by atoms with Crippen molar-refractivity contribution in [1.29, 1.82) is 0 Å². The van der Waals surface area contributed by atoms with Crippen LogP contribution in [-0.2, 0) is 99.7 Å². The lowest BCUT2D eigenvalue weighted by Crippen LogP contribution is -2.71. The fourth-order valence-electron chi connectivity index (χ4n) is 14.3. The Balaban J connectivity index is 1.05. The first-order valence-corrected chi connectivity index (χ1v) is 35.5. The van der Waals surface area contributed by atoms with E-state index in [1.807, 2.05) is 0 Å². The van der Waals surface area contributed by atoms with E-state index in [0.717, 1.165) is 27.7 Å². The molecule has 0 aromatic heterocycles. The van der Waals surface area contributed by atoms with Crippen LogP contribution < -0.4 is 21.3 Å². The van der Waals surface area contributed by atoms with Gasteiger partial charge < -0.3 is 224 Å². The number of aliphatic hydroxyl groups excluding tert-OH is 24. The summed E-state index contributed by atoms with van der Waals surface area (Å²) in [6.07, 6.45) is -83.2. The molecule has 0 bridgehead atoms. The number of hydrogen-bond acceptors (Lipinski definition) is 45. The van der Waals surface area contributed by atoms with E-state index in [1.54, 1.807) is 0 Å². The lowest BCUT2D eigenvalue weighted by Gasteiger charge is -2.51. The number of hydrogen-bond donors (Lipinski definition) is 28. The van der Waals surface area contributed by atoms with Crippen molar-refractivity contribution in [2.24, 2.45) is 0 Å². The summed E-state index contributed by atoms with van der Waals surface area (Å²) in [5.74, 6) is -3.59. The van der Waals surface area contributed by atoms with Gasteiger partial charge in [-0.05, 0) is 6.92 Å². The highest BCUT2D eigenvalue weighted by molar-refractivity contribution is 5.74. The second kappa shape index (κ2) is 39.7. The fraction of sp³-hybridized carbons (Fsp3) is 0.935. The predicted octanol–water partition coefficient (Wildman–Crippen LogP) is -19.0. The van der Waals surface area contributed by atoms with E-state index in [2.05, 4.69) is 21.3 Å². The first-order chi connectivity index (χ1) is 52.4. The van der Waals surface area contributed by atoms with Gasteiger partial charge in [-0.25, -0.2) is 0 Å². The molecule has 0 aliphatic carbocycles. The average Bonchev–Trinajstić information content (AvgIpc) is 0.774. The topological polar surface area (TPSA) is 759 Å². The van der Waals surface area contributed by atoms with Crippen LogP contribution in [0.25, 0.3) is 0 Å². The minimum atomic E-state index is -2.55. The molecule has 9 heterocycles. The van der Waals surface area contributed by atoms with Gasteiger partial charge in [-0.15, -0.1) is 0 Å². The van der Waals surface area contributed by atoms with Crippen molar-refractivity contribution < 1.29 is 222 Å². The van der Waals surface area contributed by atoms with E-state index in [9.17, 15) is 142 Å². The molecule has 9 saturated heterocycles. The van der Waals surface area contributed by atoms with Gasteiger partial charge in [-0.1, -0.05) is 0 Å². The van der Waals surface area contributed by atoms with Crippen LogP contribution in [0, 0.1) is 0 Å². The number of rotatable bonds is 28. The second-order valence-electron chi connectivity index (χ2n) is 28.2. The minimum Gasteiger partial charge on any atom is -0.394 e. The second-order valence-corrected chi connectivity index (χ2v) is 28.2. The van der Waals surface area contributed by atoms with E-state index >= 15 is 0 Å². The number of aliphatic hydroxyl groups is 24. The molecule has 0 spiro atoms. The molecule has 49 nitrogen and oxygen atoms in total. The summed E-state index contributed by atoms with van der Waals surface area (Å²) in [4.78, 5) is 50.9. The number of amides is 4. The van der Waals surface area contributed by atoms with Gasteiger partial charge >= 0.3 is 0 Å². The maximum absolute atomic E-state index is 13.2. The van der Waals surface area contributed by atoms with Crippen LogP contribution >= 0.6 is 0 Å². The third-order valence-electron chi connectivity index (χ3n) is 20.3. The van der Waals surface area contributed by atoms with Gasteiger partial charge in [0, 0.05) is 27.7 Å². The number of carbonyl (C=O) groups excluding carboxylic acids is 4. The lowest BCUT2D eigenvalue weighted by molar-refractivity contribution is -0.396. The highest BCUT2D eigenvalue weighted by Gasteiger charge is 2.61. The molecular weight excluding hydrogens is 1520 g/mol. The zero-order valence-electron chi connectivity index (χ0n) is 59.9. The molecule has 4 amide bonds. The Hall–Kier alpha value is -3.76. The molecule has 9 rings (SSSR count). The summed E-state index contributed by atoms with van der Waals surface area (Å²) in [6.45, 7) is -3.36. The highest BCUT2D eigenvalue weighted by atomic mass is 16.8. The summed E-state index contributed by atoms with van der Waals surface area (Å²) >= 11 is 0. The lowest BCUT2D eigenvalue weighted by atomic mass is 9.93. The molecule has 0 unspecified atom stereocenters. The third kappa shape index (κ3) is 20.3. The smallest absolute Gasteiger partial charge is 0.217 e. The number of carbonyl (C=O) groups is 4. The van der Waals surface area contributed by atoms with Gasteiger partial charge in [0.15, 0.2) is 56.6 Å². The summed E-state index contributed by atoms with van der Waals surface area (Å²) in [5, 5.41) is 276. The maximum Gasteiger partial charge on any atom is 0.217 e. The Kier molecular flexibility index (Phi) is 32.6. The van der Waals surface area contributed by atoms with Crippen molar-refractivity contribution in [2.75, 3.05) is 52.9 Å². The van der Waals surface area contributed by atoms with Gasteiger partial charge in [0.2, 0.25) is 23.6 Å². The summed E-state index contributed by atoms with van der Waals surface area (Å²) in [7, 11) is 0. The third-order valence-corrected chi connectivity index (χ3v) is 20.3. The zero-order valence-corrected chi connectivity index (χ0v) is 59.9. The van der Waals surface area contributed by atoms with Gasteiger partial charge in [0.05, 0.1) is 59.0 Å². The van der Waals surface area contributed by atoms with Crippen LogP contribution in [-0.4, -0.2) is 475 Å². The Bertz CT molecular complexity index is 2950. The van der Waals surface area contributed by atoms with Crippen LogP contribution in [0.1, 0.15) is 34.6 Å². The molecule has 111 heavy (non-hydrogen) atoms. The molecule has 0 radical (unpaired) electrons. The quantitative estimate of drug-likeness (QED) is 0.0346. The normalized spacial score (nSPS) is 49.3. The van der Waals surface area contributed by atoms with Crippen molar-refractivity contribution in [3.63, 3.8) is 0 Å². The van der Waals surface area contributed by atoms with E-state index in [-0.39, 0.29) is 0 Å². The van der Waals surface area contributed by atoms with Gasteiger partial charge in [-0.2, -0.15) is 0 Å². The summed E-state index contributed by atoms with van der Waals surface area (Å²) in [5.41, 5.74) is 0. The van der Waals surface area contributed by atoms with E-state index in [1.165, 1.54) is 6.92 Å². The molecule has 28 N–H and O–H groups in total. The Morgan fingerprint density at radius 1 is 0.252 bits per heavy atom. The average molecular weight is 1630 g/mol. The van der Waals surface area contributed by atoms with Crippen LogP contribution in [0.2, 0.25) is 0 Å². The summed E-state index contributed by atoms with van der Waals surface area (Å²) < 4.78 is 101. The fourth-order valence-corrected chi connectivity index (χ4v) is 14.3. The molecule has 0 aromatic carbocycles. The largest absolute Gasteiger partial charge is 0.394 e. The standard InChI is InChI=1S/C62H104N4O45/c1-14-31(77)41(87)45(91)58(97-14)95-13-26-50(38(84)27(54(94)98-26)63-15(2)73)106-56-29(65-17(4)75)39(85)49(24(11-72)103-56)108-60-47(93)51(109-62-53(44(90)35(81)22(9-70)102-62)111-55-28(64-16(3)74)37(83)32(78)19(6-67)99-55)36(82)25(105-60)12-96-61-52(43(89)34(80)21(8-69)101-61)110-57-30(66-18(5)76)40(86)48(23(10-71)104-57)107-59-46(92)42(88)33(79)20(7-68)100-59/h14,19-62,67-72,77-94H,6-13H2,1-5H3,(H,63,73)(H,64,74)(H,65,75)(H,66,76)/t14-,19+,20+,21+,22+,23+,24+,25+,26+,27+,28+,29+,30+,31+,32+,33-,34+,35+,36+,37+,38+,39+,40+,41+,42-,43-,44-,45-,46+,47-,48+,49+,50+,51-,52-,53-,54+,55-,56+,57-,58-,59-,60-,61-,62+/m0/s1. The Morgan fingerprint density at radius 3 is 1.03 bits per heavy atom. The first-order valence-electron chi connectivity index (χ1n) is 35.5. The van der Waals surface area contributed by atoms with Crippen molar-refractivity contribution in [1.82, 2.24) is 21.3 Å². The predicted molar refractivity (Wildman–Crippen MR) is 342 cm³/mol. The number of nitrogens with one attached hydrogen (secondary N) is 4. The van der Waals surface area contributed by atoms with Gasteiger partial charge in [-0.3, -0.25) is 19.2 Å². The minimum absolute atomic E-state index is 0.827. The Labute approximate surface area is 629 Å². The summed E-state index contributed by atoms with van der Waals surface area (Å²) in [6, 6.07) is -7.39. The Morgan fingerprint density at radius 2 is 0.559 bits per heavy atom. The first kappa shape index (κ1) is 91.1. The molecule has 0 aromatic rings. The molecule has 9 aliphatic heterocycles. The van der Waals surface area contributed by atoms with Gasteiger partial charge in [0.25, 0.3) is 0 Å². The molecule has 9 aliphatic rings. The molecular formula is C62H104N4O45. The van der Waals surface area contributed by atoms with Gasteiger partial charge in [0.1, 0.15) is 213 Å². The van der Waals surface area contributed by atoms with E-state index in [0.29, 0.717) is 0 Å². The SMILES string of the molecule is CC(=O)N[C@@H]1[C@@H](O)[C@H](O[C@H]2O[C@H](CO)[C@@H](O[C@@H]3O[C@H](CO[C@H]4O[C@H](CO)[C@@H](O)[C@H](O)[C@@H]4O[C@@H]4O[C@H](CO)[C@@H](O[C@@H]5O[C@H](CO)[C@H](O)[C@H](O)[C@H]5O)[C@H](O)[C@H]4NC(C)=O)[C@@H](O)[C@H](O[C@H]4O[C@H](CO)[C@@H](O)[C@H](O)[C@@H]4O[C@@H]4O[C@H](CO)[C@@H](O)[C@H](O)[C@H]4NC(C)=O)[C@@H]3O)[C@H](O)[C@H]2NC(C)=O)[C@@H](CO[C@H]2O[C@@H](C)[C@@H](O)[C@@H](O)[C@@H]2O)O[C@H]1O. The molecule has 642 valence electrons. The molecule has 49 heteroatoms. The molecule has 9 fully saturated rings. The van der Waals surface area contributed by atoms with Crippen molar-refractivity contribution >= 4 is 23.6 Å². The van der Waals surface area contributed by atoms with Crippen LogP contribution in [0.5, 0.6) is 0 Å². The highest BCUT2D eigenvalue weighted by Crippen LogP contribution is 2.40. The van der Waals surface area contributed by atoms with Crippen molar-refractivity contribution in [3.8, 4) is 0 Å². The number of ether oxygens (including phenoxy) is 17. The van der Waals surface area contributed by atoms with Crippen LogP contribution in [0.4, 0.5) is 0 Å². The molecule has 0 saturated carbocycles. The van der Waals surface area contributed by atoms with Crippen LogP contribution in [0.3, 0.4) is 0 Å². The van der Waals surface area contributed by atoms with Crippen molar-refractivity contribution in [3.05, 3.63) is 0 Å².